The van der Waals surface area contributed by atoms with Crippen LogP contribution in [-0.2, 0) is 10.9 Å². The Morgan fingerprint density at radius 1 is 1.08 bits per heavy atom. The van der Waals surface area contributed by atoms with Crippen molar-refractivity contribution in [3.05, 3.63) is 75.6 Å². The van der Waals surface area contributed by atoms with Crippen molar-refractivity contribution in [1.82, 2.24) is 9.55 Å². The predicted molar refractivity (Wildman–Crippen MR) is 143 cm³/mol. The Hall–Kier alpha value is -3.08. The van der Waals surface area contributed by atoms with Gasteiger partial charge in [0.1, 0.15) is 11.4 Å². The summed E-state index contributed by atoms with van der Waals surface area (Å²) >= 11 is 2.12. The lowest BCUT2D eigenvalue weighted by Crippen LogP contribution is -2.13. The summed E-state index contributed by atoms with van der Waals surface area (Å²) in [6.07, 6.45) is 1.11. The Labute approximate surface area is 225 Å². The molecule has 0 N–H and O–H groups in total. The van der Waals surface area contributed by atoms with Crippen LogP contribution in [0.1, 0.15) is 48.7 Å². The summed E-state index contributed by atoms with van der Waals surface area (Å²) in [6, 6.07) is 15.5. The number of hydrogen-bond acceptors (Lipinski definition) is 4. The first-order valence-corrected chi connectivity index (χ1v) is 13.2. The Morgan fingerprint density at radius 3 is 2.43 bits per heavy atom. The van der Waals surface area contributed by atoms with E-state index in [1.54, 1.807) is 13.0 Å². The number of fused-ring (bicyclic) bond motifs is 1. The van der Waals surface area contributed by atoms with Gasteiger partial charge in [0, 0.05) is 22.8 Å². The van der Waals surface area contributed by atoms with Crippen LogP contribution in [0.4, 0.5) is 13.2 Å². The number of carbonyl (C=O) groups is 1. The van der Waals surface area contributed by atoms with Gasteiger partial charge in [-0.2, -0.15) is 13.2 Å². The summed E-state index contributed by atoms with van der Waals surface area (Å²) in [5.74, 6) is 0.332. The third-order valence-electron chi connectivity index (χ3n) is 6.46. The van der Waals surface area contributed by atoms with Gasteiger partial charge < -0.3 is 14.0 Å². The Balaban J connectivity index is 1.56. The lowest BCUT2D eigenvalue weighted by atomic mass is 10.1. The van der Waals surface area contributed by atoms with Crippen molar-refractivity contribution in [1.29, 1.82) is 0 Å². The zero-order chi connectivity index (χ0) is 26.2. The topological polar surface area (TPSA) is 53.3 Å². The van der Waals surface area contributed by atoms with Gasteiger partial charge in [0.05, 0.1) is 33.1 Å². The molecule has 0 amide bonds. The van der Waals surface area contributed by atoms with Gasteiger partial charge in [0.2, 0.25) is 0 Å². The predicted octanol–water partition coefficient (Wildman–Crippen LogP) is 7.81. The average molecular weight is 620 g/mol. The molecule has 2 aromatic heterocycles. The average Bonchev–Trinajstić information content (AvgIpc) is 3.50. The fourth-order valence-corrected chi connectivity index (χ4v) is 5.56. The molecule has 0 radical (unpaired) electrons. The lowest BCUT2D eigenvalue weighted by Gasteiger charge is -2.15. The summed E-state index contributed by atoms with van der Waals surface area (Å²) in [6.45, 7) is 1.98. The number of esters is 1. The highest BCUT2D eigenvalue weighted by Crippen LogP contribution is 2.36. The summed E-state index contributed by atoms with van der Waals surface area (Å²) < 4.78 is 52.9. The van der Waals surface area contributed by atoms with Gasteiger partial charge in [-0.05, 0) is 104 Å². The van der Waals surface area contributed by atoms with Crippen LogP contribution in [0, 0.1) is 3.57 Å². The molecule has 5 nitrogen and oxygen atoms in total. The number of halogens is 4. The molecule has 2 heterocycles. The number of aromatic nitrogens is 2. The van der Waals surface area contributed by atoms with Crippen LogP contribution in [0.25, 0.3) is 27.8 Å². The molecule has 1 saturated carbocycles. The summed E-state index contributed by atoms with van der Waals surface area (Å²) in [5.41, 5.74) is 2.18. The van der Waals surface area contributed by atoms with E-state index in [-0.39, 0.29) is 12.7 Å². The molecule has 1 aliphatic rings. The number of rotatable bonds is 6. The highest BCUT2D eigenvalue weighted by atomic mass is 127. The quantitative estimate of drug-likeness (QED) is 0.163. The first-order chi connectivity index (χ1) is 17.8. The molecule has 4 aromatic rings. The summed E-state index contributed by atoms with van der Waals surface area (Å²) in [4.78, 5) is 17.0. The summed E-state index contributed by atoms with van der Waals surface area (Å²) in [5, 5.41) is 0.772. The number of benzene rings is 2. The van der Waals surface area contributed by atoms with E-state index >= 15 is 0 Å². The first kappa shape index (κ1) is 25.6. The van der Waals surface area contributed by atoms with Crippen LogP contribution >= 0.6 is 22.6 Å². The number of pyridine rings is 1. The molecule has 0 atom stereocenters. The number of hydrogen-bond donors (Lipinski definition) is 0. The minimum absolute atomic E-state index is 0.228. The normalized spacial score (nSPS) is 14.3. The van der Waals surface area contributed by atoms with Crippen molar-refractivity contribution in [2.75, 3.05) is 6.61 Å². The molecule has 1 aliphatic carbocycles. The molecule has 0 spiro atoms. The lowest BCUT2D eigenvalue weighted by molar-refractivity contribution is -0.137. The van der Waals surface area contributed by atoms with Crippen LogP contribution in [-0.4, -0.2) is 28.2 Å². The molecule has 9 heteroatoms. The Morgan fingerprint density at radius 2 is 1.81 bits per heavy atom. The third kappa shape index (κ3) is 5.18. The molecule has 37 heavy (non-hydrogen) atoms. The second kappa shape index (κ2) is 10.4. The second-order valence-electron chi connectivity index (χ2n) is 8.90. The highest BCUT2D eigenvalue weighted by molar-refractivity contribution is 14.1. The number of alkyl halides is 3. The van der Waals surface area contributed by atoms with Gasteiger partial charge in [-0.1, -0.05) is 6.07 Å². The first-order valence-electron chi connectivity index (χ1n) is 12.1. The van der Waals surface area contributed by atoms with Crippen molar-refractivity contribution in [3.8, 4) is 22.7 Å². The zero-order valence-corrected chi connectivity index (χ0v) is 22.2. The van der Waals surface area contributed by atoms with Crippen molar-refractivity contribution in [2.45, 2.75) is 44.9 Å². The highest BCUT2D eigenvalue weighted by Gasteiger charge is 2.31. The van der Waals surface area contributed by atoms with E-state index in [1.165, 1.54) is 18.9 Å². The van der Waals surface area contributed by atoms with E-state index in [1.807, 2.05) is 41.0 Å². The van der Waals surface area contributed by atoms with Crippen molar-refractivity contribution in [2.24, 2.45) is 0 Å². The van der Waals surface area contributed by atoms with Crippen LogP contribution in [0.2, 0.25) is 0 Å². The van der Waals surface area contributed by atoms with E-state index in [0.717, 1.165) is 47.4 Å². The van der Waals surface area contributed by atoms with Crippen molar-refractivity contribution in [3.63, 3.8) is 0 Å². The van der Waals surface area contributed by atoms with Crippen molar-refractivity contribution >= 4 is 39.5 Å². The SMILES string of the molecule is CCOC(=O)c1c(I)c2cc(-c3ccc(C(F)(F)F)cn3)ccc2n1-c1ccc(OC2CCCC2)cc1. The van der Waals surface area contributed by atoms with Gasteiger partial charge in [-0.3, -0.25) is 4.98 Å². The fraction of sp³-hybridized carbons (Fsp3) is 0.286. The molecule has 0 saturated heterocycles. The maximum absolute atomic E-state index is 13.0. The zero-order valence-electron chi connectivity index (χ0n) is 20.0. The number of ether oxygens (including phenoxy) is 2. The number of carbonyl (C=O) groups excluding carboxylic acids is 1. The Kier molecular flexibility index (Phi) is 7.15. The van der Waals surface area contributed by atoms with E-state index in [4.69, 9.17) is 9.47 Å². The maximum atomic E-state index is 13.0. The molecule has 5 rings (SSSR count). The molecule has 0 aliphatic heterocycles. The second-order valence-corrected chi connectivity index (χ2v) is 9.98. The minimum Gasteiger partial charge on any atom is -0.490 e. The van der Waals surface area contributed by atoms with Crippen LogP contribution in [0.3, 0.4) is 0 Å². The van der Waals surface area contributed by atoms with Gasteiger partial charge in [-0.25, -0.2) is 4.79 Å². The van der Waals surface area contributed by atoms with E-state index in [2.05, 4.69) is 27.6 Å². The van der Waals surface area contributed by atoms with Crippen LogP contribution in [0.15, 0.2) is 60.8 Å². The van der Waals surface area contributed by atoms with E-state index in [0.29, 0.717) is 20.5 Å². The van der Waals surface area contributed by atoms with Gasteiger partial charge >= 0.3 is 12.1 Å². The molecule has 2 aromatic carbocycles. The molecule has 1 fully saturated rings. The van der Waals surface area contributed by atoms with E-state index < -0.39 is 17.7 Å². The maximum Gasteiger partial charge on any atom is 0.417 e. The van der Waals surface area contributed by atoms with Crippen LogP contribution in [0.5, 0.6) is 5.75 Å². The monoisotopic (exact) mass is 620 g/mol. The fourth-order valence-electron chi connectivity index (χ4n) is 4.67. The molecule has 192 valence electrons. The van der Waals surface area contributed by atoms with Gasteiger partial charge in [0.15, 0.2) is 0 Å². The molecule has 0 bridgehead atoms. The van der Waals surface area contributed by atoms with Gasteiger partial charge in [-0.15, -0.1) is 0 Å². The third-order valence-corrected chi connectivity index (χ3v) is 7.55. The number of nitrogens with zero attached hydrogens (tertiary/aromatic N) is 2. The molecule has 0 unspecified atom stereocenters. The smallest absolute Gasteiger partial charge is 0.417 e. The standard InChI is InChI=1S/C28H24F3IN2O3/c1-2-36-27(35)26-25(32)22-15-17(23-13-8-18(16-33-23)28(29,30)31)7-14-24(22)34(26)19-9-11-21(12-10-19)37-20-5-3-4-6-20/h7-16,20H,2-6H2,1H3. The van der Waals surface area contributed by atoms with Gasteiger partial charge in [0.25, 0.3) is 0 Å². The molecular weight excluding hydrogens is 596 g/mol. The molecular formula is C28H24F3IN2O3. The summed E-state index contributed by atoms with van der Waals surface area (Å²) in [7, 11) is 0. The van der Waals surface area contributed by atoms with Crippen LogP contribution < -0.4 is 4.74 Å². The largest absolute Gasteiger partial charge is 0.490 e. The Bertz CT molecular complexity index is 1420. The minimum atomic E-state index is -4.45. The van der Waals surface area contributed by atoms with Crippen molar-refractivity contribution < 1.29 is 27.4 Å². The van der Waals surface area contributed by atoms with E-state index in [9.17, 15) is 18.0 Å².